The summed E-state index contributed by atoms with van der Waals surface area (Å²) in [5, 5.41) is 0. The Kier molecular flexibility index (Phi) is 8.04. The summed E-state index contributed by atoms with van der Waals surface area (Å²) in [6.07, 6.45) is -0.0964. The number of rotatable bonds is 10. The van der Waals surface area contributed by atoms with Crippen LogP contribution in [0.5, 0.6) is 0 Å². The first-order chi connectivity index (χ1) is 8.35. The van der Waals surface area contributed by atoms with Gasteiger partial charge in [-0.15, -0.1) is 0 Å². The Morgan fingerprint density at radius 1 is 1.06 bits per heavy atom. The van der Waals surface area contributed by atoms with Crippen LogP contribution in [-0.2, 0) is 42.9 Å². The van der Waals surface area contributed by atoms with Crippen LogP contribution in [0.4, 0.5) is 0 Å². The maximum Gasteiger partial charge on any atom is 0.765 e. The smallest absolute Gasteiger partial charge is 0.327 e. The Balaban J connectivity index is 5.04. The molecule has 0 amide bonds. The topological polar surface area (TPSA) is 119 Å². The molecule has 0 aromatic carbocycles. The summed E-state index contributed by atoms with van der Waals surface area (Å²) in [5.41, 5.74) is -1.65. The van der Waals surface area contributed by atoms with Crippen LogP contribution < -0.4 is 0 Å². The van der Waals surface area contributed by atoms with Crippen molar-refractivity contribution in [3.63, 3.8) is 0 Å². The Bertz CT molecular complexity index is 301. The van der Waals surface area contributed by atoms with E-state index in [4.69, 9.17) is 8.98 Å². The molecule has 0 aliphatic carbocycles. The molecule has 0 saturated heterocycles. The molecule has 0 rings (SSSR count). The van der Waals surface area contributed by atoms with Crippen molar-refractivity contribution in [1.29, 1.82) is 0 Å². The van der Waals surface area contributed by atoms with Gasteiger partial charge < -0.3 is 4.43 Å². The molecule has 0 bridgehead atoms. The van der Waals surface area contributed by atoms with Gasteiger partial charge in [-0.2, -0.15) is 22.1 Å². The lowest BCUT2D eigenvalue weighted by molar-refractivity contribution is -0.372. The van der Waals surface area contributed by atoms with Gasteiger partial charge in [0.2, 0.25) is 0 Å². The summed E-state index contributed by atoms with van der Waals surface area (Å²) in [6.45, 7) is 1.45. The summed E-state index contributed by atoms with van der Waals surface area (Å²) in [5.74, 6) is 0. The summed E-state index contributed by atoms with van der Waals surface area (Å²) in [4.78, 5) is 13.0. The third kappa shape index (κ3) is 5.66. The van der Waals surface area contributed by atoms with Crippen LogP contribution in [0.25, 0.3) is 0 Å². The third-order valence-electron chi connectivity index (χ3n) is 1.50. The molecular weight excluding hydrogens is 292 g/mol. The van der Waals surface area contributed by atoms with E-state index in [1.165, 1.54) is 6.92 Å². The van der Waals surface area contributed by atoms with Crippen LogP contribution in [0.1, 0.15) is 13.3 Å². The highest BCUT2D eigenvalue weighted by Crippen LogP contribution is 2.19. The fourth-order valence-electron chi connectivity index (χ4n) is 0.923. The van der Waals surface area contributed by atoms with Crippen molar-refractivity contribution in [1.82, 2.24) is 0 Å². The molecule has 1 atom stereocenters. The first-order valence-corrected chi connectivity index (χ1v) is 7.78. The van der Waals surface area contributed by atoms with Gasteiger partial charge in [0.15, 0.2) is 5.44 Å². The van der Waals surface area contributed by atoms with Crippen LogP contribution in [0.3, 0.4) is 0 Å². The Labute approximate surface area is 106 Å². The largest absolute Gasteiger partial charge is 0.765 e. The van der Waals surface area contributed by atoms with E-state index in [0.29, 0.717) is 0 Å². The average molecular weight is 308 g/mol. The SMILES string of the molecule is CCC(O[Si](OOC)(OOC)OOC)S(=O)(=O)O. The molecule has 0 spiro atoms. The third-order valence-corrected chi connectivity index (χ3v) is 4.45. The number of hydrogen-bond acceptors (Lipinski definition) is 9. The predicted octanol–water partition coefficient (Wildman–Crippen LogP) is -0.203. The molecular formula is C6H16O10SSi. The van der Waals surface area contributed by atoms with Crippen LogP contribution in [0.15, 0.2) is 0 Å². The van der Waals surface area contributed by atoms with Gasteiger partial charge in [0.25, 0.3) is 10.1 Å². The standard InChI is InChI=1S/C6H16O10SSi/c1-5-6(17(7,8)9)13-18(14-10-2,15-11-3)16-12-4/h6H,5H2,1-4H3,(H,7,8,9). The van der Waals surface area contributed by atoms with Gasteiger partial charge in [-0.3, -0.25) is 4.55 Å². The average Bonchev–Trinajstić information content (AvgIpc) is 2.25. The summed E-state index contributed by atoms with van der Waals surface area (Å²) < 4.78 is 49.6. The Morgan fingerprint density at radius 3 is 1.67 bits per heavy atom. The molecule has 1 unspecified atom stereocenters. The van der Waals surface area contributed by atoms with E-state index in [-0.39, 0.29) is 6.42 Å². The van der Waals surface area contributed by atoms with Crippen LogP contribution in [-0.4, -0.2) is 48.8 Å². The Hall–Kier alpha value is -0.153. The van der Waals surface area contributed by atoms with E-state index in [1.807, 2.05) is 0 Å². The molecule has 0 aromatic rings. The van der Waals surface area contributed by atoms with Crippen molar-refractivity contribution >= 4 is 19.2 Å². The first kappa shape index (κ1) is 17.8. The lowest BCUT2D eigenvalue weighted by Gasteiger charge is -2.25. The molecule has 10 nitrogen and oxygen atoms in total. The van der Waals surface area contributed by atoms with Gasteiger partial charge in [0.1, 0.15) is 0 Å². The minimum absolute atomic E-state index is 0.0964. The Morgan fingerprint density at radius 2 is 1.44 bits per heavy atom. The molecule has 0 radical (unpaired) electrons. The minimum Gasteiger partial charge on any atom is -0.327 e. The summed E-state index contributed by atoms with van der Waals surface area (Å²) >= 11 is 0. The molecule has 1 N–H and O–H groups in total. The quantitative estimate of drug-likeness (QED) is 0.251. The van der Waals surface area contributed by atoms with E-state index in [1.54, 1.807) is 0 Å². The second-order valence-electron chi connectivity index (χ2n) is 2.72. The molecule has 0 aliphatic rings. The van der Waals surface area contributed by atoms with Gasteiger partial charge >= 0.3 is 9.05 Å². The van der Waals surface area contributed by atoms with Crippen molar-refractivity contribution in [2.45, 2.75) is 18.8 Å². The van der Waals surface area contributed by atoms with Gasteiger partial charge in [0, 0.05) is 0 Å². The van der Waals surface area contributed by atoms with Crippen LogP contribution >= 0.6 is 0 Å². The summed E-state index contributed by atoms with van der Waals surface area (Å²) in [6, 6.07) is 0. The maximum atomic E-state index is 11.0. The summed E-state index contributed by atoms with van der Waals surface area (Å²) in [7, 11) is -5.37. The predicted molar refractivity (Wildman–Crippen MR) is 56.7 cm³/mol. The second kappa shape index (κ2) is 8.11. The maximum absolute atomic E-state index is 11.0. The molecule has 12 heteroatoms. The van der Waals surface area contributed by atoms with Crippen molar-refractivity contribution < 1.29 is 45.8 Å². The normalized spacial score (nSPS) is 14.7. The lowest BCUT2D eigenvalue weighted by Crippen LogP contribution is -2.52. The zero-order chi connectivity index (χ0) is 14.2. The van der Waals surface area contributed by atoms with E-state index >= 15 is 0 Å². The minimum atomic E-state index is -4.50. The van der Waals surface area contributed by atoms with Gasteiger partial charge in [0.05, 0.1) is 21.3 Å². The zero-order valence-electron chi connectivity index (χ0n) is 10.3. The fourth-order valence-corrected chi connectivity index (χ4v) is 3.49. The molecule has 0 saturated carbocycles. The molecule has 18 heavy (non-hydrogen) atoms. The zero-order valence-corrected chi connectivity index (χ0v) is 12.1. The monoisotopic (exact) mass is 308 g/mol. The van der Waals surface area contributed by atoms with E-state index in [0.717, 1.165) is 21.3 Å². The fraction of sp³-hybridized carbons (Fsp3) is 1.00. The van der Waals surface area contributed by atoms with Gasteiger partial charge in [-0.25, -0.2) is 14.7 Å². The van der Waals surface area contributed by atoms with Crippen molar-refractivity contribution in [3.05, 3.63) is 0 Å². The van der Waals surface area contributed by atoms with Crippen molar-refractivity contribution in [3.8, 4) is 0 Å². The molecule has 0 heterocycles. The highest BCUT2D eigenvalue weighted by Gasteiger charge is 2.55. The molecule has 0 fully saturated rings. The molecule has 110 valence electrons. The first-order valence-electron chi connectivity index (χ1n) is 4.64. The highest BCUT2D eigenvalue weighted by molar-refractivity contribution is 7.86. The van der Waals surface area contributed by atoms with Gasteiger partial charge in [-0.05, 0) is 6.42 Å². The molecule has 0 aromatic heterocycles. The van der Waals surface area contributed by atoms with E-state index in [9.17, 15) is 8.42 Å². The van der Waals surface area contributed by atoms with E-state index < -0.39 is 24.6 Å². The highest BCUT2D eigenvalue weighted by atomic mass is 32.2. The lowest BCUT2D eigenvalue weighted by atomic mass is 10.5. The van der Waals surface area contributed by atoms with Crippen molar-refractivity contribution in [2.24, 2.45) is 0 Å². The van der Waals surface area contributed by atoms with Crippen LogP contribution in [0.2, 0.25) is 0 Å². The van der Waals surface area contributed by atoms with Crippen LogP contribution in [0, 0.1) is 0 Å². The van der Waals surface area contributed by atoms with Crippen molar-refractivity contribution in [2.75, 3.05) is 21.3 Å². The number of hydrogen-bond donors (Lipinski definition) is 1. The van der Waals surface area contributed by atoms with Gasteiger partial charge in [-0.1, -0.05) is 6.92 Å². The van der Waals surface area contributed by atoms with E-state index in [2.05, 4.69) is 28.4 Å². The second-order valence-corrected chi connectivity index (χ2v) is 6.01. The molecule has 0 aliphatic heterocycles.